The van der Waals surface area contributed by atoms with Gasteiger partial charge in [0.25, 0.3) is 0 Å². The van der Waals surface area contributed by atoms with Crippen molar-refractivity contribution in [2.24, 2.45) is 0 Å². The van der Waals surface area contributed by atoms with Gasteiger partial charge in [-0.3, -0.25) is 0 Å². The lowest BCUT2D eigenvalue weighted by Gasteiger charge is -2.41. The van der Waals surface area contributed by atoms with E-state index in [-0.39, 0.29) is 12.7 Å². The molecular weight excluding hydrogens is 320 g/mol. The van der Waals surface area contributed by atoms with Gasteiger partial charge in [-0.05, 0) is 50.0 Å². The maximum Gasteiger partial charge on any atom is 0.201 e. The van der Waals surface area contributed by atoms with Gasteiger partial charge in [-0.25, -0.2) is 9.78 Å². The molecular formula is C20H28O5. The van der Waals surface area contributed by atoms with Crippen LogP contribution < -0.4 is 4.74 Å². The highest BCUT2D eigenvalue weighted by atomic mass is 17.2. The van der Waals surface area contributed by atoms with Crippen LogP contribution in [0.5, 0.6) is 5.75 Å². The number of hydrogen-bond donors (Lipinski definition) is 1. The second-order valence-electron chi connectivity index (χ2n) is 7.52. The van der Waals surface area contributed by atoms with Crippen LogP contribution in [0.4, 0.5) is 0 Å². The predicted octanol–water partition coefficient (Wildman–Crippen LogP) is 3.86. The molecule has 25 heavy (non-hydrogen) atoms. The summed E-state index contributed by atoms with van der Waals surface area (Å²) in [5.74, 6) is 0.115. The summed E-state index contributed by atoms with van der Waals surface area (Å²) >= 11 is 0. The highest BCUT2D eigenvalue weighted by Crippen LogP contribution is 2.38. The molecule has 138 valence electrons. The van der Waals surface area contributed by atoms with E-state index in [4.69, 9.17) is 19.2 Å². The summed E-state index contributed by atoms with van der Waals surface area (Å²) in [6.45, 7) is 8.20. The summed E-state index contributed by atoms with van der Waals surface area (Å²) in [5.41, 5.74) is 1.06. The smallest absolute Gasteiger partial charge is 0.201 e. The molecule has 0 radical (unpaired) electrons. The van der Waals surface area contributed by atoms with Gasteiger partial charge in [0.05, 0.1) is 13.2 Å². The molecule has 2 fully saturated rings. The van der Waals surface area contributed by atoms with E-state index in [0.717, 1.165) is 36.8 Å². The zero-order valence-corrected chi connectivity index (χ0v) is 15.1. The van der Waals surface area contributed by atoms with Gasteiger partial charge in [0, 0.05) is 12.8 Å². The lowest BCUT2D eigenvalue weighted by Crippen LogP contribution is -2.46. The van der Waals surface area contributed by atoms with Gasteiger partial charge in [-0.15, -0.1) is 0 Å². The minimum Gasteiger partial charge on any atom is -0.485 e. The fourth-order valence-corrected chi connectivity index (χ4v) is 3.20. The molecule has 1 saturated carbocycles. The monoisotopic (exact) mass is 348 g/mol. The van der Waals surface area contributed by atoms with Gasteiger partial charge in [-0.1, -0.05) is 25.1 Å². The van der Waals surface area contributed by atoms with Crippen molar-refractivity contribution in [2.45, 2.75) is 63.4 Å². The van der Waals surface area contributed by atoms with Crippen molar-refractivity contribution >= 4 is 5.57 Å². The van der Waals surface area contributed by atoms with Crippen LogP contribution >= 0.6 is 0 Å². The van der Waals surface area contributed by atoms with Crippen molar-refractivity contribution in [1.82, 2.24) is 0 Å². The third kappa shape index (κ3) is 4.42. The lowest BCUT2D eigenvalue weighted by molar-refractivity contribution is -0.483. The minimum absolute atomic E-state index is 0.0618. The molecule has 1 atom stereocenters. The van der Waals surface area contributed by atoms with Crippen LogP contribution in [-0.2, 0) is 14.5 Å². The predicted molar refractivity (Wildman–Crippen MR) is 95.0 cm³/mol. The molecule has 2 aliphatic rings. The Balaban J connectivity index is 1.64. The van der Waals surface area contributed by atoms with Crippen molar-refractivity contribution in [1.29, 1.82) is 0 Å². The van der Waals surface area contributed by atoms with E-state index < -0.39 is 11.4 Å². The number of rotatable bonds is 5. The molecule has 5 heteroatoms. The van der Waals surface area contributed by atoms with Crippen LogP contribution in [0.25, 0.3) is 5.57 Å². The molecule has 1 saturated heterocycles. The Bertz CT molecular complexity index is 594. The molecule has 1 N–H and O–H groups in total. The SMILES string of the molecule is C=C(c1cccc(OC(C)(C)CO)c1)C1COC2(CCCCC2)OO1. The van der Waals surface area contributed by atoms with E-state index in [9.17, 15) is 5.11 Å². The first-order valence-corrected chi connectivity index (χ1v) is 9.01. The quantitative estimate of drug-likeness (QED) is 0.819. The van der Waals surface area contributed by atoms with Gasteiger partial charge in [0.15, 0.2) is 0 Å². The molecule has 1 spiro atoms. The zero-order valence-electron chi connectivity index (χ0n) is 15.1. The zero-order chi connectivity index (χ0) is 17.9. The second-order valence-corrected chi connectivity index (χ2v) is 7.52. The van der Waals surface area contributed by atoms with Gasteiger partial charge >= 0.3 is 0 Å². The van der Waals surface area contributed by atoms with Crippen LogP contribution in [0.2, 0.25) is 0 Å². The largest absolute Gasteiger partial charge is 0.485 e. The average molecular weight is 348 g/mol. The first kappa shape index (κ1) is 18.4. The van der Waals surface area contributed by atoms with Crippen molar-refractivity contribution < 1.29 is 24.4 Å². The molecule has 5 nitrogen and oxygen atoms in total. The standard InChI is InChI=1S/C20H28O5/c1-15(16-8-7-9-17(12-16)23-19(2,3)14-21)18-13-22-20(25-24-18)10-5-4-6-11-20/h7-9,12,18,21H,1,4-6,10-11,13-14H2,2-3H3. The minimum atomic E-state index is -0.638. The van der Waals surface area contributed by atoms with Crippen LogP contribution in [0.15, 0.2) is 30.8 Å². The summed E-state index contributed by atoms with van der Waals surface area (Å²) in [6, 6.07) is 7.61. The molecule has 1 heterocycles. The number of ether oxygens (including phenoxy) is 2. The fourth-order valence-electron chi connectivity index (χ4n) is 3.20. The highest BCUT2D eigenvalue weighted by molar-refractivity contribution is 5.68. The molecule has 0 amide bonds. The number of benzene rings is 1. The normalized spacial score (nSPS) is 23.4. The first-order chi connectivity index (χ1) is 11.9. The topological polar surface area (TPSA) is 57.2 Å². The van der Waals surface area contributed by atoms with E-state index in [1.165, 1.54) is 6.42 Å². The molecule has 3 rings (SSSR count). The van der Waals surface area contributed by atoms with E-state index >= 15 is 0 Å². The number of aliphatic hydroxyl groups excluding tert-OH is 1. The third-order valence-electron chi connectivity index (χ3n) is 4.80. The third-order valence-corrected chi connectivity index (χ3v) is 4.80. The Labute approximate surface area is 149 Å². The van der Waals surface area contributed by atoms with Gasteiger partial charge in [0.2, 0.25) is 5.79 Å². The van der Waals surface area contributed by atoms with Crippen LogP contribution in [-0.4, -0.2) is 35.8 Å². The van der Waals surface area contributed by atoms with Crippen molar-refractivity contribution in [2.75, 3.05) is 13.2 Å². The lowest BCUT2D eigenvalue weighted by atomic mass is 9.94. The van der Waals surface area contributed by atoms with Gasteiger partial charge in [0.1, 0.15) is 17.5 Å². The molecule has 1 aliphatic carbocycles. The Morgan fingerprint density at radius 2 is 2.08 bits per heavy atom. The first-order valence-electron chi connectivity index (χ1n) is 9.01. The van der Waals surface area contributed by atoms with Crippen LogP contribution in [0.3, 0.4) is 0 Å². The van der Waals surface area contributed by atoms with E-state index in [1.54, 1.807) is 0 Å². The van der Waals surface area contributed by atoms with Gasteiger partial charge in [-0.2, -0.15) is 0 Å². The summed E-state index contributed by atoms with van der Waals surface area (Å²) in [7, 11) is 0. The van der Waals surface area contributed by atoms with E-state index in [2.05, 4.69) is 6.58 Å². The van der Waals surface area contributed by atoms with Gasteiger partial charge < -0.3 is 14.6 Å². The molecule has 0 aromatic heterocycles. The Morgan fingerprint density at radius 1 is 1.32 bits per heavy atom. The van der Waals surface area contributed by atoms with E-state index in [1.807, 2.05) is 38.1 Å². The average Bonchev–Trinajstić information content (AvgIpc) is 2.62. The molecule has 1 aliphatic heterocycles. The Morgan fingerprint density at radius 3 is 2.72 bits per heavy atom. The van der Waals surface area contributed by atoms with Crippen LogP contribution in [0.1, 0.15) is 51.5 Å². The Hall–Kier alpha value is -1.40. The molecule has 0 bridgehead atoms. The van der Waals surface area contributed by atoms with Crippen molar-refractivity contribution in [3.8, 4) is 5.75 Å². The summed E-state index contributed by atoms with van der Waals surface area (Å²) in [6.07, 6.45) is 4.86. The Kier molecular flexibility index (Phi) is 5.49. The maximum absolute atomic E-state index is 9.36. The van der Waals surface area contributed by atoms with E-state index in [0.29, 0.717) is 12.4 Å². The molecule has 1 aromatic rings. The maximum atomic E-state index is 9.36. The summed E-state index contributed by atoms with van der Waals surface area (Å²) in [4.78, 5) is 11.3. The van der Waals surface area contributed by atoms with Crippen LogP contribution in [0, 0.1) is 0 Å². The molecule has 1 unspecified atom stereocenters. The summed E-state index contributed by atoms with van der Waals surface area (Å²) in [5, 5.41) is 9.36. The molecule has 1 aromatic carbocycles. The number of aliphatic hydroxyl groups is 1. The van der Waals surface area contributed by atoms with Crippen molar-refractivity contribution in [3.63, 3.8) is 0 Å². The highest BCUT2D eigenvalue weighted by Gasteiger charge is 2.41. The fraction of sp³-hybridized carbons (Fsp3) is 0.600. The van der Waals surface area contributed by atoms with Crippen molar-refractivity contribution in [3.05, 3.63) is 36.4 Å². The summed E-state index contributed by atoms with van der Waals surface area (Å²) < 4.78 is 11.8. The second kappa shape index (κ2) is 7.46. The number of hydrogen-bond acceptors (Lipinski definition) is 5.